The Balaban J connectivity index is 1.63. The van der Waals surface area contributed by atoms with E-state index in [-0.39, 0.29) is 17.0 Å². The lowest BCUT2D eigenvalue weighted by molar-refractivity contribution is 0.0961. The van der Waals surface area contributed by atoms with Crippen molar-refractivity contribution in [1.82, 2.24) is 20.1 Å². The quantitative estimate of drug-likeness (QED) is 0.561. The minimum atomic E-state index is -0.384. The standard InChI is InChI=1S/C26H36N4O2/c1-4-29-15-12-21(13-16-29)11-8-14-28-20(2)23-17-24(25(31)27-3)26(32)30(19-23)18-22-9-6-5-7-10-22/h5-7,9-10,17,19,21,28H,2,4,8,11-16,18H2,1,3H3,(H,27,31). The van der Waals surface area contributed by atoms with Crippen molar-refractivity contribution in [1.29, 1.82) is 0 Å². The van der Waals surface area contributed by atoms with Gasteiger partial charge in [0, 0.05) is 31.0 Å². The van der Waals surface area contributed by atoms with Gasteiger partial charge in [-0.15, -0.1) is 0 Å². The molecule has 2 N–H and O–H groups in total. The number of benzene rings is 1. The molecule has 1 fully saturated rings. The number of amides is 1. The zero-order chi connectivity index (χ0) is 22.9. The van der Waals surface area contributed by atoms with Crippen molar-refractivity contribution >= 4 is 11.6 Å². The molecule has 0 saturated carbocycles. The van der Waals surface area contributed by atoms with Gasteiger partial charge in [0.05, 0.1) is 6.54 Å². The summed E-state index contributed by atoms with van der Waals surface area (Å²) in [6.07, 6.45) is 6.66. The summed E-state index contributed by atoms with van der Waals surface area (Å²) in [6, 6.07) is 11.4. The smallest absolute Gasteiger partial charge is 0.263 e. The Labute approximate surface area is 191 Å². The molecule has 1 aliphatic heterocycles. The molecule has 0 unspecified atom stereocenters. The maximum Gasteiger partial charge on any atom is 0.263 e. The summed E-state index contributed by atoms with van der Waals surface area (Å²) in [5.41, 5.74) is 2.32. The van der Waals surface area contributed by atoms with Crippen LogP contribution in [0.4, 0.5) is 0 Å². The molecule has 1 aliphatic rings. The van der Waals surface area contributed by atoms with Crippen molar-refractivity contribution in [3.63, 3.8) is 0 Å². The maximum atomic E-state index is 12.9. The van der Waals surface area contributed by atoms with E-state index in [0.717, 1.165) is 42.3 Å². The van der Waals surface area contributed by atoms with Crippen LogP contribution in [0.1, 0.15) is 54.1 Å². The highest BCUT2D eigenvalue weighted by Gasteiger charge is 2.18. The maximum absolute atomic E-state index is 12.9. The van der Waals surface area contributed by atoms with Gasteiger partial charge in [-0.1, -0.05) is 43.8 Å². The summed E-state index contributed by atoms with van der Waals surface area (Å²) in [7, 11) is 1.54. The molecule has 0 bridgehead atoms. The second kappa shape index (κ2) is 11.7. The number of piperidine rings is 1. The molecule has 2 aromatic rings. The zero-order valence-electron chi connectivity index (χ0n) is 19.4. The lowest BCUT2D eigenvalue weighted by Crippen LogP contribution is -2.33. The van der Waals surface area contributed by atoms with Crippen molar-refractivity contribution in [2.45, 2.75) is 39.2 Å². The van der Waals surface area contributed by atoms with Gasteiger partial charge in [-0.05, 0) is 62.9 Å². The first-order valence-corrected chi connectivity index (χ1v) is 11.7. The number of nitrogens with one attached hydrogen (secondary N) is 2. The van der Waals surface area contributed by atoms with Crippen LogP contribution in [0.25, 0.3) is 5.70 Å². The van der Waals surface area contributed by atoms with Crippen molar-refractivity contribution < 1.29 is 4.79 Å². The Morgan fingerprint density at radius 1 is 1.19 bits per heavy atom. The molecule has 6 nitrogen and oxygen atoms in total. The van der Waals surface area contributed by atoms with Crippen molar-refractivity contribution in [2.24, 2.45) is 5.92 Å². The fraction of sp³-hybridized carbons (Fsp3) is 0.462. The van der Waals surface area contributed by atoms with Gasteiger partial charge in [0.1, 0.15) is 5.56 Å². The molecule has 1 amide bonds. The number of carbonyl (C=O) groups excluding carboxylic acids is 1. The van der Waals surface area contributed by atoms with E-state index in [1.165, 1.54) is 39.4 Å². The average molecular weight is 437 g/mol. The molecule has 1 saturated heterocycles. The fourth-order valence-electron chi connectivity index (χ4n) is 4.32. The van der Waals surface area contributed by atoms with Crippen LogP contribution in [-0.4, -0.2) is 48.6 Å². The van der Waals surface area contributed by atoms with E-state index in [1.54, 1.807) is 16.8 Å². The van der Waals surface area contributed by atoms with Gasteiger partial charge >= 0.3 is 0 Å². The zero-order valence-corrected chi connectivity index (χ0v) is 19.4. The summed E-state index contributed by atoms with van der Waals surface area (Å²) >= 11 is 0. The summed E-state index contributed by atoms with van der Waals surface area (Å²) < 4.78 is 1.59. The van der Waals surface area contributed by atoms with Crippen LogP contribution in [-0.2, 0) is 6.54 Å². The first kappa shape index (κ1) is 23.8. The van der Waals surface area contributed by atoms with Crippen LogP contribution in [0.5, 0.6) is 0 Å². The van der Waals surface area contributed by atoms with Crippen molar-refractivity contribution in [3.8, 4) is 0 Å². The van der Waals surface area contributed by atoms with E-state index in [9.17, 15) is 9.59 Å². The second-order valence-electron chi connectivity index (χ2n) is 8.57. The molecule has 0 spiro atoms. The highest BCUT2D eigenvalue weighted by atomic mass is 16.2. The van der Waals surface area contributed by atoms with Gasteiger partial charge in [-0.2, -0.15) is 0 Å². The van der Waals surface area contributed by atoms with E-state index in [1.807, 2.05) is 30.3 Å². The molecular weight excluding hydrogens is 400 g/mol. The number of hydrogen-bond donors (Lipinski definition) is 2. The molecule has 0 aliphatic carbocycles. The molecule has 172 valence electrons. The first-order chi connectivity index (χ1) is 15.5. The minimum absolute atomic E-state index is 0.131. The highest BCUT2D eigenvalue weighted by Crippen LogP contribution is 2.21. The predicted octanol–water partition coefficient (Wildman–Crippen LogP) is 3.33. The summed E-state index contributed by atoms with van der Waals surface area (Å²) in [5.74, 6) is 0.422. The lowest BCUT2D eigenvalue weighted by Gasteiger charge is -2.31. The van der Waals surface area contributed by atoms with E-state index >= 15 is 0 Å². The van der Waals surface area contributed by atoms with Gasteiger partial charge in [0.2, 0.25) is 0 Å². The topological polar surface area (TPSA) is 66.4 Å². The third-order valence-corrected chi connectivity index (χ3v) is 6.38. The SMILES string of the molecule is C=C(NCCCC1CCN(CC)CC1)c1cc(C(=O)NC)c(=O)n(Cc2ccccc2)c1. The Morgan fingerprint density at radius 3 is 2.56 bits per heavy atom. The van der Waals surface area contributed by atoms with E-state index in [4.69, 9.17) is 0 Å². The lowest BCUT2D eigenvalue weighted by atomic mass is 9.92. The van der Waals surface area contributed by atoms with E-state index in [0.29, 0.717) is 6.54 Å². The van der Waals surface area contributed by atoms with Crippen LogP contribution in [0.15, 0.2) is 54.0 Å². The van der Waals surface area contributed by atoms with E-state index < -0.39 is 0 Å². The third-order valence-electron chi connectivity index (χ3n) is 6.38. The van der Waals surface area contributed by atoms with Gasteiger partial charge in [0.25, 0.3) is 11.5 Å². The number of carbonyl (C=O) groups is 1. The molecule has 1 aromatic carbocycles. The van der Waals surface area contributed by atoms with Crippen molar-refractivity contribution in [2.75, 3.05) is 33.2 Å². The van der Waals surface area contributed by atoms with Crippen LogP contribution in [0.3, 0.4) is 0 Å². The molecule has 32 heavy (non-hydrogen) atoms. The highest BCUT2D eigenvalue weighted by molar-refractivity contribution is 5.94. The molecule has 3 rings (SSSR count). The Kier molecular flexibility index (Phi) is 8.68. The summed E-state index contributed by atoms with van der Waals surface area (Å²) in [4.78, 5) is 27.7. The van der Waals surface area contributed by atoms with Gasteiger partial charge in [-0.3, -0.25) is 9.59 Å². The monoisotopic (exact) mass is 436 g/mol. The number of pyridine rings is 1. The molecule has 0 atom stereocenters. The van der Waals surface area contributed by atoms with Crippen LogP contribution < -0.4 is 16.2 Å². The first-order valence-electron chi connectivity index (χ1n) is 11.7. The number of likely N-dealkylation sites (tertiary alicyclic amines) is 1. The normalized spacial score (nSPS) is 14.8. The third kappa shape index (κ3) is 6.33. The fourth-order valence-corrected chi connectivity index (χ4v) is 4.32. The van der Waals surface area contributed by atoms with Crippen LogP contribution in [0, 0.1) is 5.92 Å². The second-order valence-corrected chi connectivity index (χ2v) is 8.57. The number of aromatic nitrogens is 1. The number of nitrogens with zero attached hydrogens (tertiary/aromatic N) is 2. The van der Waals surface area contributed by atoms with Gasteiger partial charge in [-0.25, -0.2) is 0 Å². The summed E-state index contributed by atoms with van der Waals surface area (Å²) in [6.45, 7) is 11.2. The van der Waals surface area contributed by atoms with Gasteiger partial charge in [0.15, 0.2) is 0 Å². The summed E-state index contributed by atoms with van der Waals surface area (Å²) in [5, 5.41) is 5.97. The van der Waals surface area contributed by atoms with Crippen LogP contribution in [0.2, 0.25) is 0 Å². The number of rotatable bonds is 10. The van der Waals surface area contributed by atoms with Crippen molar-refractivity contribution in [3.05, 3.63) is 76.2 Å². The van der Waals surface area contributed by atoms with Crippen LogP contribution >= 0.6 is 0 Å². The van der Waals surface area contributed by atoms with Gasteiger partial charge < -0.3 is 20.1 Å². The molecule has 2 heterocycles. The Morgan fingerprint density at radius 2 is 1.91 bits per heavy atom. The average Bonchev–Trinajstić information content (AvgIpc) is 2.83. The molecule has 0 radical (unpaired) electrons. The molecular formula is C26H36N4O2. The predicted molar refractivity (Wildman–Crippen MR) is 131 cm³/mol. The molecule has 6 heteroatoms. The van der Waals surface area contributed by atoms with E-state index in [2.05, 4.69) is 29.0 Å². The largest absolute Gasteiger partial charge is 0.385 e. The number of hydrogen-bond acceptors (Lipinski definition) is 4. The minimum Gasteiger partial charge on any atom is -0.385 e. The Hall–Kier alpha value is -2.86. The molecule has 1 aromatic heterocycles. The Bertz CT molecular complexity index is 960.